The largest absolute Gasteiger partial charge is 0.389 e. The Morgan fingerprint density at radius 2 is 2.10 bits per heavy atom. The molecule has 2 aliphatic rings. The molecule has 1 fully saturated rings. The van der Waals surface area contributed by atoms with E-state index in [1.165, 1.54) is 12.3 Å². The predicted octanol–water partition coefficient (Wildman–Crippen LogP) is 4.52. The minimum Gasteiger partial charge on any atom is -0.389 e. The number of benzene rings is 1. The summed E-state index contributed by atoms with van der Waals surface area (Å²) < 4.78 is 20.3. The Balaban J connectivity index is 1.71. The van der Waals surface area contributed by atoms with Crippen LogP contribution >= 0.6 is 11.6 Å². The van der Waals surface area contributed by atoms with E-state index in [-0.39, 0.29) is 24.0 Å². The first-order valence-electron chi connectivity index (χ1n) is 10.2. The molecule has 6 nitrogen and oxygen atoms in total. The number of nitrogens with zero attached hydrogens (tertiary/aromatic N) is 3. The summed E-state index contributed by atoms with van der Waals surface area (Å²) in [7, 11) is 0. The highest BCUT2D eigenvalue weighted by atomic mass is 35.5. The van der Waals surface area contributed by atoms with Gasteiger partial charge in [-0.15, -0.1) is 0 Å². The summed E-state index contributed by atoms with van der Waals surface area (Å²) in [6, 6.07) is 3.12. The first-order valence-corrected chi connectivity index (χ1v) is 10.5. The van der Waals surface area contributed by atoms with Gasteiger partial charge in [-0.1, -0.05) is 39.3 Å². The fourth-order valence-corrected chi connectivity index (χ4v) is 4.47. The minimum atomic E-state index is -0.647. The molecule has 2 N–H and O–H groups in total. The third kappa shape index (κ3) is 3.70. The van der Waals surface area contributed by atoms with E-state index in [1.54, 1.807) is 0 Å². The van der Waals surface area contributed by atoms with Crippen molar-refractivity contribution in [1.82, 2.24) is 9.97 Å². The molecule has 2 unspecified atom stereocenters. The fourth-order valence-electron chi connectivity index (χ4n) is 4.27. The van der Waals surface area contributed by atoms with E-state index in [9.17, 15) is 5.11 Å². The van der Waals surface area contributed by atoms with Gasteiger partial charge in [-0.05, 0) is 30.0 Å². The van der Waals surface area contributed by atoms with Gasteiger partial charge in [-0.25, -0.2) is 14.4 Å². The van der Waals surface area contributed by atoms with Crippen LogP contribution in [0.25, 0.3) is 11.3 Å². The average Bonchev–Trinajstić information content (AvgIpc) is 2.96. The Morgan fingerprint density at radius 3 is 2.80 bits per heavy atom. The SMILES string of the molecule is CC(C)C1=Nc2c(F)cc(-c3nc(NC4CCOCC4O)ncc3Cl)cc2C1(C)C. The summed E-state index contributed by atoms with van der Waals surface area (Å²) in [5.74, 6) is 0.148. The predicted molar refractivity (Wildman–Crippen MR) is 116 cm³/mol. The van der Waals surface area contributed by atoms with Gasteiger partial charge in [-0.2, -0.15) is 0 Å². The first kappa shape index (κ1) is 21.2. The zero-order valence-corrected chi connectivity index (χ0v) is 18.3. The van der Waals surface area contributed by atoms with Crippen LogP contribution in [-0.2, 0) is 10.2 Å². The molecule has 0 aliphatic carbocycles. The standard InChI is InChI=1S/C22H26ClFN4O2/c1-11(2)20-22(3,4)13-7-12(8-15(24)19(13)27-20)18-14(23)9-25-21(28-18)26-16-5-6-30-10-17(16)29/h7-9,11,16-17,29H,5-6,10H2,1-4H3,(H,25,26,28). The van der Waals surface area contributed by atoms with Crippen LogP contribution < -0.4 is 5.32 Å². The Bertz CT molecular complexity index is 1010. The summed E-state index contributed by atoms with van der Waals surface area (Å²) >= 11 is 6.38. The fraction of sp³-hybridized carbons (Fsp3) is 0.500. The zero-order valence-electron chi connectivity index (χ0n) is 17.5. The van der Waals surface area contributed by atoms with Crippen LogP contribution in [-0.4, -0.2) is 46.1 Å². The van der Waals surface area contributed by atoms with Gasteiger partial charge in [0.1, 0.15) is 11.5 Å². The van der Waals surface area contributed by atoms with Crippen molar-refractivity contribution in [3.63, 3.8) is 0 Å². The molecule has 1 aromatic heterocycles. The molecule has 2 atom stereocenters. The Kier molecular flexibility index (Phi) is 5.55. The van der Waals surface area contributed by atoms with Crippen molar-refractivity contribution in [2.24, 2.45) is 10.9 Å². The maximum absolute atomic E-state index is 15.0. The van der Waals surface area contributed by atoms with Crippen LogP contribution in [0.15, 0.2) is 23.3 Å². The highest BCUT2D eigenvalue weighted by molar-refractivity contribution is 6.33. The van der Waals surface area contributed by atoms with Crippen molar-refractivity contribution < 1.29 is 14.2 Å². The van der Waals surface area contributed by atoms with E-state index in [4.69, 9.17) is 16.3 Å². The quantitative estimate of drug-likeness (QED) is 0.742. The van der Waals surface area contributed by atoms with Gasteiger partial charge in [0.15, 0.2) is 0 Å². The van der Waals surface area contributed by atoms with Crippen LogP contribution in [0.2, 0.25) is 5.02 Å². The third-order valence-corrected chi connectivity index (χ3v) is 6.09. The lowest BCUT2D eigenvalue weighted by Gasteiger charge is -2.28. The smallest absolute Gasteiger partial charge is 0.223 e. The number of halogens is 2. The van der Waals surface area contributed by atoms with Crippen molar-refractivity contribution in [2.75, 3.05) is 18.5 Å². The molecule has 1 aromatic carbocycles. The zero-order chi connectivity index (χ0) is 21.6. The van der Waals surface area contributed by atoms with Gasteiger partial charge in [0, 0.05) is 23.3 Å². The summed E-state index contributed by atoms with van der Waals surface area (Å²) in [6.07, 6.45) is 1.48. The monoisotopic (exact) mass is 432 g/mol. The highest BCUT2D eigenvalue weighted by Gasteiger charge is 2.38. The molecule has 0 saturated carbocycles. The van der Waals surface area contributed by atoms with Gasteiger partial charge in [0.05, 0.1) is 35.7 Å². The number of hydrogen-bond donors (Lipinski definition) is 2. The second-order valence-corrected chi connectivity index (χ2v) is 9.11. The number of rotatable bonds is 4. The molecule has 2 aliphatic heterocycles. The van der Waals surface area contributed by atoms with Crippen LogP contribution in [0, 0.1) is 11.7 Å². The van der Waals surface area contributed by atoms with Crippen LogP contribution in [0.5, 0.6) is 0 Å². The third-order valence-electron chi connectivity index (χ3n) is 5.81. The Hall–Kier alpha value is -2.09. The van der Waals surface area contributed by atoms with Gasteiger partial charge in [0.25, 0.3) is 0 Å². The topological polar surface area (TPSA) is 79.6 Å². The maximum Gasteiger partial charge on any atom is 0.223 e. The molecule has 3 heterocycles. The van der Waals surface area contributed by atoms with E-state index >= 15 is 4.39 Å². The lowest BCUT2D eigenvalue weighted by Crippen LogP contribution is -2.42. The van der Waals surface area contributed by atoms with Crippen molar-refractivity contribution >= 4 is 28.9 Å². The molecule has 0 amide bonds. The van der Waals surface area contributed by atoms with E-state index in [1.807, 2.05) is 6.07 Å². The van der Waals surface area contributed by atoms with E-state index in [0.717, 1.165) is 11.3 Å². The molecule has 30 heavy (non-hydrogen) atoms. The number of anilines is 1. The highest BCUT2D eigenvalue weighted by Crippen LogP contribution is 2.45. The number of hydrogen-bond acceptors (Lipinski definition) is 6. The van der Waals surface area contributed by atoms with Crippen LogP contribution in [0.4, 0.5) is 16.0 Å². The minimum absolute atomic E-state index is 0.208. The van der Waals surface area contributed by atoms with E-state index in [0.29, 0.717) is 40.9 Å². The molecule has 2 aromatic rings. The molecule has 4 rings (SSSR count). The van der Waals surface area contributed by atoms with Crippen molar-refractivity contribution in [2.45, 2.75) is 51.7 Å². The summed E-state index contributed by atoms with van der Waals surface area (Å²) in [5.41, 5.74) is 2.80. The number of fused-ring (bicyclic) bond motifs is 1. The second-order valence-electron chi connectivity index (χ2n) is 8.70. The molecular formula is C22H26ClFN4O2. The normalized spacial score (nSPS) is 22.7. The van der Waals surface area contributed by atoms with E-state index in [2.05, 4.69) is 48.0 Å². The van der Waals surface area contributed by atoms with E-state index < -0.39 is 11.9 Å². The summed E-state index contributed by atoms with van der Waals surface area (Å²) in [6.45, 7) is 9.06. The van der Waals surface area contributed by atoms with Gasteiger partial charge in [-0.3, -0.25) is 4.99 Å². The number of aromatic nitrogens is 2. The van der Waals surface area contributed by atoms with Crippen LogP contribution in [0.3, 0.4) is 0 Å². The second kappa shape index (κ2) is 7.87. The first-order chi connectivity index (χ1) is 14.2. The molecule has 0 spiro atoms. The molecule has 1 saturated heterocycles. The maximum atomic E-state index is 15.0. The molecule has 160 valence electrons. The summed E-state index contributed by atoms with van der Waals surface area (Å²) in [5, 5.41) is 13.6. The lowest BCUT2D eigenvalue weighted by atomic mass is 9.77. The number of aliphatic hydroxyl groups excluding tert-OH is 1. The van der Waals surface area contributed by atoms with Crippen molar-refractivity contribution in [3.05, 3.63) is 34.7 Å². The number of nitrogens with one attached hydrogen (secondary N) is 1. The van der Waals surface area contributed by atoms with Crippen molar-refractivity contribution in [3.8, 4) is 11.3 Å². The van der Waals surface area contributed by atoms with Gasteiger partial charge < -0.3 is 15.2 Å². The Labute approximate surface area is 180 Å². The lowest BCUT2D eigenvalue weighted by molar-refractivity contribution is -0.0136. The number of aliphatic hydroxyl groups is 1. The van der Waals surface area contributed by atoms with Gasteiger partial charge >= 0.3 is 0 Å². The number of aliphatic imine (C=N–C) groups is 1. The average molecular weight is 433 g/mol. The number of ether oxygens (including phenoxy) is 1. The summed E-state index contributed by atoms with van der Waals surface area (Å²) in [4.78, 5) is 13.3. The molecule has 0 radical (unpaired) electrons. The van der Waals surface area contributed by atoms with Crippen molar-refractivity contribution in [1.29, 1.82) is 0 Å². The molecule has 0 bridgehead atoms. The molecular weight excluding hydrogens is 407 g/mol. The van der Waals surface area contributed by atoms with Gasteiger partial charge in [0.2, 0.25) is 5.95 Å². The Morgan fingerprint density at radius 1 is 1.33 bits per heavy atom. The van der Waals surface area contributed by atoms with Crippen LogP contribution in [0.1, 0.15) is 39.7 Å². The molecule has 8 heteroatoms.